The Hall–Kier alpha value is -2.25. The van der Waals surface area contributed by atoms with Gasteiger partial charge in [-0.05, 0) is 36.8 Å². The molecule has 1 unspecified atom stereocenters. The van der Waals surface area contributed by atoms with Crippen LogP contribution in [0.1, 0.15) is 36.5 Å². The molecule has 1 aromatic carbocycles. The first kappa shape index (κ1) is 22.0. The van der Waals surface area contributed by atoms with Crippen LogP contribution < -0.4 is 10.1 Å². The van der Waals surface area contributed by atoms with Gasteiger partial charge >= 0.3 is 5.97 Å². The van der Waals surface area contributed by atoms with E-state index in [2.05, 4.69) is 17.1 Å². The molecule has 1 N–H and O–H groups in total. The van der Waals surface area contributed by atoms with E-state index >= 15 is 0 Å². The van der Waals surface area contributed by atoms with E-state index in [9.17, 15) is 9.59 Å². The van der Waals surface area contributed by atoms with Crippen LogP contribution in [0.15, 0.2) is 24.0 Å². The summed E-state index contributed by atoms with van der Waals surface area (Å²) in [7, 11) is 4.44. The van der Waals surface area contributed by atoms with Crippen LogP contribution in [-0.4, -0.2) is 62.7 Å². The van der Waals surface area contributed by atoms with Gasteiger partial charge in [-0.3, -0.25) is 9.69 Å². The van der Waals surface area contributed by atoms with Gasteiger partial charge in [0.25, 0.3) is 0 Å². The van der Waals surface area contributed by atoms with Crippen LogP contribution in [0.3, 0.4) is 0 Å². The number of benzene rings is 1. The van der Waals surface area contributed by atoms with E-state index in [1.165, 1.54) is 27.6 Å². The van der Waals surface area contributed by atoms with E-state index in [-0.39, 0.29) is 29.6 Å². The molecular formula is C23H29ClN2O5. The fraction of sp³-hybridized carbons (Fsp3) is 0.565. The van der Waals surface area contributed by atoms with Crippen LogP contribution in [0.4, 0.5) is 5.69 Å². The minimum absolute atomic E-state index is 0.0124. The van der Waals surface area contributed by atoms with Crippen LogP contribution in [-0.2, 0) is 14.3 Å². The first-order chi connectivity index (χ1) is 14.9. The van der Waals surface area contributed by atoms with Gasteiger partial charge in [0.1, 0.15) is 11.3 Å². The van der Waals surface area contributed by atoms with Crippen molar-refractivity contribution in [2.24, 2.45) is 11.8 Å². The number of nitrogens with zero attached hydrogens (tertiary/aromatic N) is 1. The fourth-order valence-electron chi connectivity index (χ4n) is 5.73. The molecule has 0 aliphatic carbocycles. The molecule has 3 aliphatic rings. The number of anilines is 1. The van der Waals surface area contributed by atoms with Crippen molar-refractivity contribution >= 4 is 29.0 Å². The topological polar surface area (TPSA) is 77.1 Å². The molecule has 7 nitrogen and oxygen atoms in total. The Morgan fingerprint density at radius 2 is 2.13 bits per heavy atom. The molecule has 3 aliphatic heterocycles. The molecule has 0 saturated carbocycles. The number of hydrogen-bond donors (Lipinski definition) is 1. The third-order valence-electron chi connectivity index (χ3n) is 7.21. The summed E-state index contributed by atoms with van der Waals surface area (Å²) in [6.07, 6.45) is 3.77. The maximum Gasteiger partial charge on any atom is 0.337 e. The molecule has 31 heavy (non-hydrogen) atoms. The lowest BCUT2D eigenvalue weighted by Crippen LogP contribution is -2.57. The van der Waals surface area contributed by atoms with Crippen molar-refractivity contribution in [1.29, 1.82) is 0 Å². The maximum atomic E-state index is 13.8. The summed E-state index contributed by atoms with van der Waals surface area (Å²) in [4.78, 5) is 28.7. The molecule has 2 saturated heterocycles. The number of carbonyl (C=O) groups is 2. The Morgan fingerprint density at radius 1 is 1.35 bits per heavy atom. The predicted octanol–water partition coefficient (Wildman–Crippen LogP) is 3.52. The fourth-order valence-corrected chi connectivity index (χ4v) is 5.96. The molecule has 1 spiro atoms. The second-order valence-corrected chi connectivity index (χ2v) is 8.91. The van der Waals surface area contributed by atoms with Gasteiger partial charge in [0, 0.05) is 24.8 Å². The van der Waals surface area contributed by atoms with Crippen molar-refractivity contribution in [3.63, 3.8) is 0 Å². The zero-order valence-corrected chi connectivity index (χ0v) is 19.1. The highest BCUT2D eigenvalue weighted by atomic mass is 35.5. The molecule has 168 valence electrons. The number of fused-ring (bicyclic) bond motifs is 3. The lowest BCUT2D eigenvalue weighted by atomic mass is 9.72. The van der Waals surface area contributed by atoms with Gasteiger partial charge in [0.05, 0.1) is 43.8 Å². The number of nitrogens with one attached hydrogen (secondary N) is 1. The second-order valence-electron chi connectivity index (χ2n) is 8.50. The number of Topliss-reactive ketones (excluding diaryl/α,β-unsaturated/α-hetero) is 1. The van der Waals surface area contributed by atoms with Crippen molar-refractivity contribution < 1.29 is 23.8 Å². The average molecular weight is 449 g/mol. The largest absolute Gasteiger partial charge is 0.504 e. The van der Waals surface area contributed by atoms with E-state index in [1.807, 2.05) is 6.07 Å². The Morgan fingerprint density at radius 3 is 2.77 bits per heavy atom. The summed E-state index contributed by atoms with van der Waals surface area (Å²) in [6, 6.07) is 3.53. The van der Waals surface area contributed by atoms with Gasteiger partial charge in [0.15, 0.2) is 5.78 Å². The Bertz CT molecular complexity index is 933. The van der Waals surface area contributed by atoms with Gasteiger partial charge in [0.2, 0.25) is 0 Å². The minimum Gasteiger partial charge on any atom is -0.504 e. The molecule has 0 bridgehead atoms. The number of ketones is 1. The number of esters is 1. The summed E-state index contributed by atoms with van der Waals surface area (Å²) in [5, 5.41) is 3.95. The standard InChI is InChI=1S/C23H29ClN2O5/c1-5-13-11-26-9-8-23(18(26)10-14(13)15(12-29-2)22(28)31-4)21(27)19-17(25-23)7-6-16(24)20(19)30-3/h6-7,12-14,18,25H,5,8-11H2,1-4H3/b15-12+/t13-,14+,18?,23+/m1/s1. The monoisotopic (exact) mass is 448 g/mol. The van der Waals surface area contributed by atoms with Crippen LogP contribution in [0.2, 0.25) is 5.02 Å². The predicted molar refractivity (Wildman–Crippen MR) is 118 cm³/mol. The van der Waals surface area contributed by atoms with E-state index in [0.717, 1.165) is 25.2 Å². The van der Waals surface area contributed by atoms with E-state index in [0.29, 0.717) is 34.8 Å². The number of ether oxygens (including phenoxy) is 3. The zero-order valence-electron chi connectivity index (χ0n) is 18.4. The first-order valence-corrected chi connectivity index (χ1v) is 11.0. The van der Waals surface area contributed by atoms with Crippen molar-refractivity contribution in [3.05, 3.63) is 34.6 Å². The van der Waals surface area contributed by atoms with Crippen molar-refractivity contribution in [3.8, 4) is 5.75 Å². The van der Waals surface area contributed by atoms with E-state index < -0.39 is 5.54 Å². The average Bonchev–Trinajstić information content (AvgIpc) is 3.28. The smallest absolute Gasteiger partial charge is 0.337 e. The normalized spacial score (nSPS) is 30.0. The molecule has 0 amide bonds. The molecule has 0 radical (unpaired) electrons. The van der Waals surface area contributed by atoms with Crippen LogP contribution in [0.25, 0.3) is 0 Å². The third kappa shape index (κ3) is 3.29. The summed E-state index contributed by atoms with van der Waals surface area (Å²) in [6.45, 7) is 3.76. The van der Waals surface area contributed by atoms with Crippen LogP contribution in [0.5, 0.6) is 5.75 Å². The Kier molecular flexibility index (Phi) is 5.92. The van der Waals surface area contributed by atoms with Crippen molar-refractivity contribution in [1.82, 2.24) is 4.90 Å². The maximum absolute atomic E-state index is 13.8. The second kappa shape index (κ2) is 8.36. The van der Waals surface area contributed by atoms with E-state index in [1.54, 1.807) is 6.07 Å². The third-order valence-corrected chi connectivity index (χ3v) is 7.51. The molecule has 8 heteroatoms. The zero-order chi connectivity index (χ0) is 22.3. The lowest BCUT2D eigenvalue weighted by Gasteiger charge is -2.45. The number of hydrogen-bond acceptors (Lipinski definition) is 7. The van der Waals surface area contributed by atoms with Gasteiger partial charge in [-0.15, -0.1) is 0 Å². The quantitative estimate of drug-likeness (QED) is 0.419. The summed E-state index contributed by atoms with van der Waals surface area (Å²) >= 11 is 6.31. The molecule has 1 aromatic rings. The van der Waals surface area contributed by atoms with Crippen LogP contribution in [0, 0.1) is 11.8 Å². The van der Waals surface area contributed by atoms with Crippen molar-refractivity contribution in [2.45, 2.75) is 37.8 Å². The first-order valence-electron chi connectivity index (χ1n) is 10.7. The molecule has 4 atom stereocenters. The molecule has 0 aromatic heterocycles. The number of rotatable bonds is 5. The molecule has 3 heterocycles. The van der Waals surface area contributed by atoms with Gasteiger partial charge < -0.3 is 19.5 Å². The van der Waals surface area contributed by atoms with Crippen molar-refractivity contribution in [2.75, 3.05) is 39.7 Å². The molecular weight excluding hydrogens is 420 g/mol. The summed E-state index contributed by atoms with van der Waals surface area (Å²) < 4.78 is 15.7. The minimum atomic E-state index is -0.758. The molecule has 2 fully saturated rings. The summed E-state index contributed by atoms with van der Waals surface area (Å²) in [5.41, 5.74) is 1.04. The molecule has 4 rings (SSSR count). The highest BCUT2D eigenvalue weighted by Crippen LogP contribution is 2.51. The summed E-state index contributed by atoms with van der Waals surface area (Å²) in [5.74, 6) is 0.263. The van der Waals surface area contributed by atoms with Crippen LogP contribution >= 0.6 is 11.6 Å². The Labute approximate surface area is 187 Å². The number of halogens is 1. The van der Waals surface area contributed by atoms with Gasteiger partial charge in [-0.2, -0.15) is 0 Å². The van der Waals surface area contributed by atoms with Gasteiger partial charge in [-0.25, -0.2) is 4.79 Å². The Balaban J connectivity index is 1.72. The lowest BCUT2D eigenvalue weighted by molar-refractivity contribution is -0.137. The SMILES string of the molecule is CC[C@@H]1CN2CC[C@]3(Nc4ccc(Cl)c(OC)c4C3=O)C2C[C@@H]1/C(=C\OC)C(=O)OC. The number of carbonyl (C=O) groups excluding carboxylic acids is 2. The number of piperidine rings is 1. The highest BCUT2D eigenvalue weighted by molar-refractivity contribution is 6.33. The van der Waals surface area contributed by atoms with Gasteiger partial charge in [-0.1, -0.05) is 24.9 Å². The number of methoxy groups -OCH3 is 3. The highest BCUT2D eigenvalue weighted by Gasteiger charge is 2.60. The van der Waals surface area contributed by atoms with E-state index in [4.69, 9.17) is 25.8 Å².